The molecule has 1 unspecified atom stereocenters. The van der Waals surface area contributed by atoms with E-state index in [0.717, 1.165) is 23.8 Å². The van der Waals surface area contributed by atoms with Gasteiger partial charge in [-0.2, -0.15) is 0 Å². The summed E-state index contributed by atoms with van der Waals surface area (Å²) < 4.78 is 59.9. The molecule has 2 aliphatic rings. The number of benzene rings is 2. The van der Waals surface area contributed by atoms with Crippen molar-refractivity contribution in [2.24, 2.45) is 23.2 Å². The van der Waals surface area contributed by atoms with Crippen LogP contribution in [0.1, 0.15) is 111 Å². The van der Waals surface area contributed by atoms with Gasteiger partial charge in [0.2, 0.25) is 0 Å². The number of hydrogen-bond acceptors (Lipinski definition) is 1. The Labute approximate surface area is 248 Å². The maximum Gasteiger partial charge on any atom is 2.00 e. The fraction of sp³-hybridized carbons (Fsp3) is 0.606. The molecule has 1 heterocycles. The number of hydrogen-bond donors (Lipinski definition) is 0. The standard InChI is InChI=1S/C27H44N.C6F5.Cu/c1-18(2)22-11-10-12-23(19(3)4)25(22)28-17-27(16-26(28,8)9)15-21(7)13-14-24(27)20(5)6;7-2-1-3(8)5(10)6(11)4(2)9;/h10-12,17-21,24H,13-16H2,1-9H3;;/q2*-1;+2/t21-,24+,27?;;/m1../s1. The predicted molar refractivity (Wildman–Crippen MR) is 149 cm³/mol. The van der Waals surface area contributed by atoms with E-state index in [9.17, 15) is 22.0 Å². The van der Waals surface area contributed by atoms with Crippen LogP contribution < -0.4 is 4.90 Å². The van der Waals surface area contributed by atoms with Crippen molar-refractivity contribution in [3.05, 3.63) is 71.0 Å². The molecule has 2 aromatic rings. The molecule has 0 aromatic heterocycles. The zero-order valence-corrected chi connectivity index (χ0v) is 26.1. The van der Waals surface area contributed by atoms with E-state index in [0.29, 0.717) is 17.3 Å². The fourth-order valence-electron chi connectivity index (χ4n) is 7.02. The third kappa shape index (κ3) is 6.89. The van der Waals surface area contributed by atoms with Crippen molar-refractivity contribution in [3.8, 4) is 0 Å². The molecule has 0 amide bonds. The smallest absolute Gasteiger partial charge is 0.517 e. The Hall–Kier alpha value is -1.59. The van der Waals surface area contributed by atoms with E-state index in [2.05, 4.69) is 92.0 Å². The summed E-state index contributed by atoms with van der Waals surface area (Å²) >= 11 is 0. The van der Waals surface area contributed by atoms with Crippen molar-refractivity contribution in [1.29, 1.82) is 0 Å². The zero-order valence-electron chi connectivity index (χ0n) is 25.2. The maximum absolute atomic E-state index is 12.0. The first-order valence-electron chi connectivity index (χ1n) is 14.2. The summed E-state index contributed by atoms with van der Waals surface area (Å²) in [5, 5.41) is 0. The minimum atomic E-state index is -2.17. The second-order valence-corrected chi connectivity index (χ2v) is 13.2. The van der Waals surface area contributed by atoms with E-state index in [4.69, 9.17) is 0 Å². The number of para-hydroxylation sites is 1. The number of anilines is 1. The maximum atomic E-state index is 12.0. The molecule has 3 atom stereocenters. The van der Waals surface area contributed by atoms with E-state index in [-0.39, 0.29) is 22.6 Å². The van der Waals surface area contributed by atoms with E-state index in [1.165, 1.54) is 42.5 Å². The Morgan fingerprint density at radius 1 is 0.850 bits per heavy atom. The van der Waals surface area contributed by atoms with E-state index < -0.39 is 29.1 Å². The minimum Gasteiger partial charge on any atom is -0.517 e. The SMILES string of the molecule is CC(C)c1cccc(C(C)C)c1N1[CH-]C2(C[C@H](C)CC[C@H]2C(C)C)CC1(C)C.Fc1[c-]c(F)c(F)c(F)c1F.[Cu+2]. The molecule has 0 N–H and O–H groups in total. The van der Waals surface area contributed by atoms with Gasteiger partial charge in [0.15, 0.2) is 0 Å². The van der Waals surface area contributed by atoms with Gasteiger partial charge < -0.3 is 4.90 Å². The Kier molecular flexibility index (Phi) is 11.4. The van der Waals surface area contributed by atoms with Gasteiger partial charge in [0.25, 0.3) is 0 Å². The van der Waals surface area contributed by atoms with Crippen LogP contribution in [0.2, 0.25) is 0 Å². The van der Waals surface area contributed by atoms with Gasteiger partial charge in [0.1, 0.15) is 0 Å². The quantitative estimate of drug-likeness (QED) is 0.109. The van der Waals surface area contributed by atoms with Crippen molar-refractivity contribution in [1.82, 2.24) is 0 Å². The van der Waals surface area contributed by atoms with Crippen molar-refractivity contribution >= 4 is 5.69 Å². The van der Waals surface area contributed by atoms with Crippen LogP contribution in [0.15, 0.2) is 18.2 Å². The summed E-state index contributed by atoms with van der Waals surface area (Å²) in [6, 6.07) is 8.03. The molecule has 1 aliphatic heterocycles. The van der Waals surface area contributed by atoms with Crippen molar-refractivity contribution in [2.75, 3.05) is 4.90 Å². The second-order valence-electron chi connectivity index (χ2n) is 13.2. The summed E-state index contributed by atoms with van der Waals surface area (Å²) in [4.78, 5) is 2.73. The molecule has 1 saturated heterocycles. The van der Waals surface area contributed by atoms with Crippen molar-refractivity contribution < 1.29 is 39.0 Å². The molecule has 1 aliphatic carbocycles. The van der Waals surface area contributed by atoms with Gasteiger partial charge in [0, 0.05) is 11.2 Å². The van der Waals surface area contributed by atoms with Gasteiger partial charge in [-0.25, -0.2) is 19.7 Å². The molecule has 1 radical (unpaired) electrons. The molecule has 7 heteroatoms. The van der Waals surface area contributed by atoms with E-state index in [1.807, 2.05) is 0 Å². The van der Waals surface area contributed by atoms with Gasteiger partial charge in [-0.3, -0.25) is 8.78 Å². The van der Waals surface area contributed by atoms with Crippen LogP contribution in [-0.4, -0.2) is 5.54 Å². The van der Waals surface area contributed by atoms with Crippen LogP contribution in [-0.2, 0) is 17.1 Å². The monoisotopic (exact) mass is 612 g/mol. The normalized spacial score (nSPS) is 24.0. The molecule has 4 rings (SSSR count). The molecule has 1 saturated carbocycles. The van der Waals surface area contributed by atoms with Crippen molar-refractivity contribution in [2.45, 2.75) is 105 Å². The molecular formula is C33H44CuF5N. The molecule has 40 heavy (non-hydrogen) atoms. The summed E-state index contributed by atoms with van der Waals surface area (Å²) in [6.45, 7) is 24.5. The summed E-state index contributed by atoms with van der Waals surface area (Å²) in [6.07, 6.45) is 5.44. The molecule has 2 aromatic carbocycles. The summed E-state index contributed by atoms with van der Waals surface area (Å²) in [5.41, 5.74) is 5.05. The summed E-state index contributed by atoms with van der Waals surface area (Å²) in [5.74, 6) is -6.56. The largest absolute Gasteiger partial charge is 2.00 e. The van der Waals surface area contributed by atoms with Crippen LogP contribution in [0.25, 0.3) is 0 Å². The average Bonchev–Trinajstić information content (AvgIpc) is 3.10. The Balaban J connectivity index is 0.000000394. The van der Waals surface area contributed by atoms with Gasteiger partial charge in [-0.05, 0) is 48.6 Å². The molecule has 2 fully saturated rings. The van der Waals surface area contributed by atoms with Crippen LogP contribution >= 0.6 is 0 Å². The van der Waals surface area contributed by atoms with E-state index >= 15 is 0 Å². The van der Waals surface area contributed by atoms with Gasteiger partial charge in [-0.15, -0.1) is 11.5 Å². The first-order valence-corrected chi connectivity index (χ1v) is 14.2. The number of halogens is 5. The molecular weight excluding hydrogens is 569 g/mol. The molecule has 227 valence electrons. The van der Waals surface area contributed by atoms with Gasteiger partial charge in [-0.1, -0.05) is 98.3 Å². The second kappa shape index (κ2) is 13.2. The van der Waals surface area contributed by atoms with Gasteiger partial charge in [0.05, 0.1) is 29.1 Å². The minimum absolute atomic E-state index is 0. The zero-order chi connectivity index (χ0) is 29.4. The van der Waals surface area contributed by atoms with Crippen LogP contribution in [0.3, 0.4) is 0 Å². The van der Waals surface area contributed by atoms with Crippen LogP contribution in [0.5, 0.6) is 0 Å². The fourth-order valence-corrected chi connectivity index (χ4v) is 7.02. The Morgan fingerprint density at radius 3 is 1.80 bits per heavy atom. The van der Waals surface area contributed by atoms with Gasteiger partial charge >= 0.3 is 17.1 Å². The third-order valence-electron chi connectivity index (χ3n) is 8.62. The molecule has 1 nitrogen and oxygen atoms in total. The summed E-state index contributed by atoms with van der Waals surface area (Å²) in [7, 11) is 0. The first kappa shape index (κ1) is 34.6. The van der Waals surface area contributed by atoms with E-state index in [1.54, 1.807) is 0 Å². The van der Waals surface area contributed by atoms with Crippen LogP contribution in [0.4, 0.5) is 27.6 Å². The molecule has 0 bridgehead atoms. The molecule has 1 spiro atoms. The number of rotatable bonds is 4. The first-order chi connectivity index (χ1) is 18.0. The number of nitrogens with zero attached hydrogens (tertiary/aromatic N) is 1. The Morgan fingerprint density at radius 2 is 1.35 bits per heavy atom. The Bertz CT molecular complexity index is 1110. The average molecular weight is 613 g/mol. The third-order valence-corrected chi connectivity index (χ3v) is 8.62. The van der Waals surface area contributed by atoms with Crippen LogP contribution in [0, 0.1) is 64.9 Å². The predicted octanol–water partition coefficient (Wildman–Crippen LogP) is 10.3. The topological polar surface area (TPSA) is 3.24 Å². The van der Waals surface area contributed by atoms with Crippen molar-refractivity contribution in [3.63, 3.8) is 0 Å².